The van der Waals surface area contributed by atoms with E-state index in [-0.39, 0.29) is 0 Å². The summed E-state index contributed by atoms with van der Waals surface area (Å²) in [6.07, 6.45) is 9.67. The molecule has 0 aromatic carbocycles. The van der Waals surface area contributed by atoms with E-state index >= 15 is 0 Å². The van der Waals surface area contributed by atoms with Gasteiger partial charge >= 0.3 is 0 Å². The van der Waals surface area contributed by atoms with Gasteiger partial charge in [0.05, 0.1) is 0 Å². The van der Waals surface area contributed by atoms with Gasteiger partial charge in [0.2, 0.25) is 0 Å². The fourth-order valence-corrected chi connectivity index (χ4v) is 3.40. The predicted molar refractivity (Wildman–Crippen MR) is 85.7 cm³/mol. The minimum atomic E-state index is 0.759. The number of piperidine rings is 1. The minimum Gasteiger partial charge on any atom is -0.315 e. The van der Waals surface area contributed by atoms with Crippen LogP contribution in [-0.2, 0) is 0 Å². The van der Waals surface area contributed by atoms with Crippen molar-refractivity contribution >= 4 is 0 Å². The lowest BCUT2D eigenvalue weighted by atomic mass is 9.95. The van der Waals surface area contributed by atoms with Crippen molar-refractivity contribution in [2.24, 2.45) is 5.92 Å². The number of hydrogen-bond acceptors (Lipinski definition) is 2. The highest BCUT2D eigenvalue weighted by Gasteiger charge is 2.27. The summed E-state index contributed by atoms with van der Waals surface area (Å²) in [5, 5.41) is 3.69. The van der Waals surface area contributed by atoms with Crippen LogP contribution in [0.2, 0.25) is 0 Å². The third-order valence-electron chi connectivity index (χ3n) is 4.32. The van der Waals surface area contributed by atoms with Crippen LogP contribution in [0.15, 0.2) is 0 Å². The summed E-state index contributed by atoms with van der Waals surface area (Å²) in [7, 11) is 0. The number of nitrogens with one attached hydrogen (secondary N) is 1. The molecule has 0 aliphatic carbocycles. The summed E-state index contributed by atoms with van der Waals surface area (Å²) in [6, 6.07) is 1.62. The van der Waals surface area contributed by atoms with Gasteiger partial charge in [-0.15, -0.1) is 0 Å². The van der Waals surface area contributed by atoms with Crippen LogP contribution in [0.1, 0.15) is 72.6 Å². The van der Waals surface area contributed by atoms with Gasteiger partial charge in [-0.3, -0.25) is 4.90 Å². The molecule has 1 rings (SSSR count). The molecule has 1 aliphatic rings. The lowest BCUT2D eigenvalue weighted by molar-refractivity contribution is 0.0816. The molecule has 0 bridgehead atoms. The Morgan fingerprint density at radius 1 is 1.11 bits per heavy atom. The van der Waals surface area contributed by atoms with E-state index in [1.165, 1.54) is 58.0 Å². The Bertz CT molecular complexity index is 213. The van der Waals surface area contributed by atoms with Crippen molar-refractivity contribution in [1.29, 1.82) is 0 Å². The van der Waals surface area contributed by atoms with Crippen molar-refractivity contribution < 1.29 is 0 Å². The van der Waals surface area contributed by atoms with Crippen molar-refractivity contribution in [1.82, 2.24) is 10.2 Å². The maximum atomic E-state index is 3.69. The zero-order valence-electron chi connectivity index (χ0n) is 13.8. The van der Waals surface area contributed by atoms with Gasteiger partial charge in [0.1, 0.15) is 0 Å². The molecule has 1 heterocycles. The van der Waals surface area contributed by atoms with Crippen LogP contribution in [-0.4, -0.2) is 36.6 Å². The number of hydrogen-bond donors (Lipinski definition) is 1. The largest absolute Gasteiger partial charge is 0.315 e. The fourth-order valence-electron chi connectivity index (χ4n) is 3.40. The molecule has 0 saturated carbocycles. The molecule has 1 N–H and O–H groups in total. The van der Waals surface area contributed by atoms with Crippen molar-refractivity contribution in [3.8, 4) is 0 Å². The Labute approximate surface area is 121 Å². The van der Waals surface area contributed by atoms with E-state index < -0.39 is 0 Å². The molecule has 19 heavy (non-hydrogen) atoms. The van der Waals surface area contributed by atoms with Crippen molar-refractivity contribution in [2.45, 2.75) is 84.7 Å². The summed E-state index contributed by atoms with van der Waals surface area (Å²) in [4.78, 5) is 2.84. The first kappa shape index (κ1) is 17.0. The van der Waals surface area contributed by atoms with Crippen LogP contribution in [0, 0.1) is 5.92 Å². The van der Waals surface area contributed by atoms with Crippen molar-refractivity contribution in [3.05, 3.63) is 0 Å². The van der Waals surface area contributed by atoms with E-state index in [2.05, 4.69) is 37.9 Å². The van der Waals surface area contributed by atoms with Crippen LogP contribution in [0.4, 0.5) is 0 Å². The van der Waals surface area contributed by atoms with Crippen LogP contribution in [0.25, 0.3) is 0 Å². The molecule has 2 atom stereocenters. The SMILES string of the molecule is CCCC1CCCCN1C(CCC)CNCC(C)C. The highest BCUT2D eigenvalue weighted by molar-refractivity contribution is 4.84. The molecule has 0 aromatic rings. The average molecular weight is 268 g/mol. The first-order valence-corrected chi connectivity index (χ1v) is 8.65. The van der Waals surface area contributed by atoms with Crippen LogP contribution >= 0.6 is 0 Å². The number of nitrogens with zero attached hydrogens (tertiary/aromatic N) is 1. The van der Waals surface area contributed by atoms with E-state index in [1.807, 2.05) is 0 Å². The summed E-state index contributed by atoms with van der Waals surface area (Å²) in [6.45, 7) is 12.9. The molecule has 114 valence electrons. The standard InChI is InChI=1S/C17H36N2/c1-5-9-16-11-7-8-12-19(16)17(10-6-2)14-18-13-15(3)4/h15-18H,5-14H2,1-4H3. The average Bonchev–Trinajstić information content (AvgIpc) is 2.38. The van der Waals surface area contributed by atoms with Crippen LogP contribution in [0.3, 0.4) is 0 Å². The Morgan fingerprint density at radius 2 is 1.89 bits per heavy atom. The summed E-state index contributed by atoms with van der Waals surface area (Å²) in [5.41, 5.74) is 0. The van der Waals surface area contributed by atoms with Gasteiger partial charge in [0.15, 0.2) is 0 Å². The second-order valence-electron chi connectivity index (χ2n) is 6.67. The van der Waals surface area contributed by atoms with Gasteiger partial charge in [-0.25, -0.2) is 0 Å². The van der Waals surface area contributed by atoms with E-state index in [9.17, 15) is 0 Å². The first-order chi connectivity index (χ1) is 9.19. The highest BCUT2D eigenvalue weighted by atomic mass is 15.2. The maximum absolute atomic E-state index is 3.69. The Hall–Kier alpha value is -0.0800. The number of likely N-dealkylation sites (tertiary alicyclic amines) is 1. The lowest BCUT2D eigenvalue weighted by Crippen LogP contribution is -2.50. The topological polar surface area (TPSA) is 15.3 Å². The van der Waals surface area contributed by atoms with Gasteiger partial charge in [0, 0.05) is 18.6 Å². The minimum absolute atomic E-state index is 0.759. The van der Waals surface area contributed by atoms with Crippen molar-refractivity contribution in [2.75, 3.05) is 19.6 Å². The molecule has 1 aliphatic heterocycles. The molecule has 0 amide bonds. The maximum Gasteiger partial charge on any atom is 0.0223 e. The summed E-state index contributed by atoms with van der Waals surface area (Å²) >= 11 is 0. The summed E-state index contributed by atoms with van der Waals surface area (Å²) < 4.78 is 0. The molecule has 2 heteroatoms. The predicted octanol–water partition coefficient (Wildman–Crippen LogP) is 4.06. The number of rotatable bonds is 9. The Morgan fingerprint density at radius 3 is 2.53 bits per heavy atom. The quantitative estimate of drug-likeness (QED) is 0.678. The van der Waals surface area contributed by atoms with E-state index in [1.54, 1.807) is 0 Å². The van der Waals surface area contributed by atoms with E-state index in [0.717, 1.165) is 24.5 Å². The van der Waals surface area contributed by atoms with Gasteiger partial charge in [-0.1, -0.05) is 47.0 Å². The Balaban J connectivity index is 2.50. The zero-order valence-corrected chi connectivity index (χ0v) is 13.8. The van der Waals surface area contributed by atoms with Crippen LogP contribution in [0.5, 0.6) is 0 Å². The third kappa shape index (κ3) is 6.27. The van der Waals surface area contributed by atoms with E-state index in [4.69, 9.17) is 0 Å². The molecular formula is C17H36N2. The molecule has 2 unspecified atom stereocenters. The molecule has 1 fully saturated rings. The zero-order chi connectivity index (χ0) is 14.1. The normalized spacial score (nSPS) is 22.9. The Kier molecular flexibility index (Phi) is 8.72. The van der Waals surface area contributed by atoms with E-state index in [0.29, 0.717) is 0 Å². The molecule has 0 radical (unpaired) electrons. The molecule has 0 spiro atoms. The molecular weight excluding hydrogens is 232 g/mol. The van der Waals surface area contributed by atoms with Gasteiger partial charge in [-0.2, -0.15) is 0 Å². The molecule has 2 nitrogen and oxygen atoms in total. The fraction of sp³-hybridized carbons (Fsp3) is 1.00. The molecule has 0 aromatic heterocycles. The second-order valence-corrected chi connectivity index (χ2v) is 6.67. The smallest absolute Gasteiger partial charge is 0.0223 e. The monoisotopic (exact) mass is 268 g/mol. The van der Waals surface area contributed by atoms with Gasteiger partial charge < -0.3 is 5.32 Å². The second kappa shape index (κ2) is 9.77. The van der Waals surface area contributed by atoms with Gasteiger partial charge in [-0.05, 0) is 44.7 Å². The summed E-state index contributed by atoms with van der Waals surface area (Å²) in [5.74, 6) is 0.759. The third-order valence-corrected chi connectivity index (χ3v) is 4.32. The van der Waals surface area contributed by atoms with Crippen LogP contribution < -0.4 is 5.32 Å². The molecule has 1 saturated heterocycles. The first-order valence-electron chi connectivity index (χ1n) is 8.65. The highest BCUT2D eigenvalue weighted by Crippen LogP contribution is 2.24. The van der Waals surface area contributed by atoms with Gasteiger partial charge in [0.25, 0.3) is 0 Å². The van der Waals surface area contributed by atoms with Crippen molar-refractivity contribution in [3.63, 3.8) is 0 Å². The lowest BCUT2D eigenvalue weighted by Gasteiger charge is -2.41.